The first kappa shape index (κ1) is 15.7. The molecular weight excluding hydrogens is 298 g/mol. The first-order valence-corrected chi connectivity index (χ1v) is 7.74. The van der Waals surface area contributed by atoms with E-state index < -0.39 is 0 Å². The fourth-order valence-electron chi connectivity index (χ4n) is 2.51. The Morgan fingerprint density at radius 1 is 0.958 bits per heavy atom. The number of nitrogens with zero attached hydrogens (tertiary/aromatic N) is 2. The van der Waals surface area contributed by atoms with Gasteiger partial charge in [0.2, 0.25) is 0 Å². The van der Waals surface area contributed by atoms with Crippen LogP contribution >= 0.6 is 0 Å². The van der Waals surface area contributed by atoms with Gasteiger partial charge in [0.15, 0.2) is 0 Å². The van der Waals surface area contributed by atoms with E-state index in [1.807, 2.05) is 79.7 Å². The molecule has 120 valence electrons. The van der Waals surface area contributed by atoms with Gasteiger partial charge in [0.1, 0.15) is 0 Å². The zero-order chi connectivity index (χ0) is 16.9. The minimum Gasteiger partial charge on any atom is -0.378 e. The molecule has 3 aromatic rings. The Bertz CT molecular complexity index is 878. The first-order valence-electron chi connectivity index (χ1n) is 7.74. The molecule has 0 aliphatic carbocycles. The molecule has 0 aliphatic heterocycles. The Morgan fingerprint density at radius 2 is 1.67 bits per heavy atom. The van der Waals surface area contributed by atoms with Crippen LogP contribution in [-0.4, -0.2) is 26.2 Å². The molecule has 0 spiro atoms. The highest BCUT2D eigenvalue weighted by molar-refractivity contribution is 6.07. The number of hydrogen-bond donors (Lipinski definition) is 1. The minimum absolute atomic E-state index is 0.215. The van der Waals surface area contributed by atoms with Crippen LogP contribution in [0.5, 0.6) is 0 Å². The summed E-state index contributed by atoms with van der Waals surface area (Å²) in [4.78, 5) is 14.4. The zero-order valence-electron chi connectivity index (χ0n) is 13.7. The van der Waals surface area contributed by atoms with Crippen LogP contribution in [-0.2, 0) is 0 Å². The summed E-state index contributed by atoms with van der Waals surface area (Å²) in [5.74, 6) is -0.215. The second kappa shape index (κ2) is 6.96. The molecule has 4 nitrogen and oxygen atoms in total. The van der Waals surface area contributed by atoms with Crippen LogP contribution in [0.1, 0.15) is 15.9 Å². The second-order valence-corrected chi connectivity index (χ2v) is 5.71. The zero-order valence-corrected chi connectivity index (χ0v) is 13.7. The predicted octanol–water partition coefficient (Wildman–Crippen LogP) is 3.67. The van der Waals surface area contributed by atoms with E-state index in [-0.39, 0.29) is 5.91 Å². The maximum absolute atomic E-state index is 12.4. The average Bonchev–Trinajstić information content (AvgIpc) is 2.61. The van der Waals surface area contributed by atoms with Crippen LogP contribution in [0.3, 0.4) is 0 Å². The van der Waals surface area contributed by atoms with E-state index in [9.17, 15) is 4.79 Å². The van der Waals surface area contributed by atoms with Crippen LogP contribution < -0.4 is 10.3 Å². The van der Waals surface area contributed by atoms with E-state index in [0.29, 0.717) is 5.56 Å². The molecule has 0 aromatic heterocycles. The Morgan fingerprint density at radius 3 is 2.42 bits per heavy atom. The number of benzene rings is 3. The number of carbonyl (C=O) groups is 1. The topological polar surface area (TPSA) is 44.7 Å². The molecule has 3 rings (SSSR count). The molecule has 0 saturated heterocycles. The summed E-state index contributed by atoms with van der Waals surface area (Å²) in [5.41, 5.74) is 5.26. The number of fused-ring (bicyclic) bond motifs is 1. The molecule has 24 heavy (non-hydrogen) atoms. The van der Waals surface area contributed by atoms with Gasteiger partial charge in [-0.05, 0) is 34.5 Å². The second-order valence-electron chi connectivity index (χ2n) is 5.71. The lowest BCUT2D eigenvalue weighted by Gasteiger charge is -2.11. The molecule has 0 atom stereocenters. The SMILES string of the molecule is CN(C)c1ccc(C=NNC(=O)c2cccc3ccccc23)cc1. The van der Waals surface area contributed by atoms with E-state index in [1.165, 1.54) is 0 Å². The highest BCUT2D eigenvalue weighted by Gasteiger charge is 2.08. The average molecular weight is 317 g/mol. The van der Waals surface area contributed by atoms with Gasteiger partial charge in [0.05, 0.1) is 6.21 Å². The van der Waals surface area contributed by atoms with Crippen molar-refractivity contribution in [3.63, 3.8) is 0 Å². The van der Waals surface area contributed by atoms with Crippen molar-refractivity contribution < 1.29 is 4.79 Å². The van der Waals surface area contributed by atoms with Crippen molar-refractivity contribution in [2.75, 3.05) is 19.0 Å². The van der Waals surface area contributed by atoms with Gasteiger partial charge in [-0.1, -0.05) is 48.5 Å². The van der Waals surface area contributed by atoms with Crippen molar-refractivity contribution in [1.29, 1.82) is 0 Å². The number of amides is 1. The Labute approximate surface area is 141 Å². The third-order valence-corrected chi connectivity index (χ3v) is 3.82. The van der Waals surface area contributed by atoms with Crippen LogP contribution in [0.2, 0.25) is 0 Å². The Kier molecular flexibility index (Phi) is 4.57. The van der Waals surface area contributed by atoms with Crippen molar-refractivity contribution in [1.82, 2.24) is 5.43 Å². The van der Waals surface area contributed by atoms with Crippen molar-refractivity contribution >= 4 is 28.6 Å². The van der Waals surface area contributed by atoms with Gasteiger partial charge in [-0.25, -0.2) is 5.43 Å². The third kappa shape index (κ3) is 3.43. The summed E-state index contributed by atoms with van der Waals surface area (Å²) in [6, 6.07) is 21.4. The minimum atomic E-state index is -0.215. The van der Waals surface area contributed by atoms with Crippen LogP contribution in [0.4, 0.5) is 5.69 Å². The molecule has 1 amide bonds. The summed E-state index contributed by atoms with van der Waals surface area (Å²) in [5, 5.41) is 6.02. The first-order chi connectivity index (χ1) is 11.6. The fourth-order valence-corrected chi connectivity index (χ4v) is 2.51. The quantitative estimate of drug-likeness (QED) is 0.589. The fraction of sp³-hybridized carbons (Fsp3) is 0.100. The molecular formula is C20H19N3O. The standard InChI is InChI=1S/C20H19N3O/c1-23(2)17-12-10-15(11-13-17)14-21-22-20(24)19-9-5-7-16-6-3-4-8-18(16)19/h3-14H,1-2H3,(H,22,24). The van der Waals surface area contributed by atoms with Gasteiger partial charge >= 0.3 is 0 Å². The van der Waals surface area contributed by atoms with E-state index in [2.05, 4.69) is 10.5 Å². The molecule has 0 bridgehead atoms. The van der Waals surface area contributed by atoms with Gasteiger partial charge in [0.25, 0.3) is 5.91 Å². The van der Waals surface area contributed by atoms with Crippen molar-refractivity contribution in [2.24, 2.45) is 5.10 Å². The highest BCUT2D eigenvalue weighted by Crippen LogP contribution is 2.18. The molecule has 0 saturated carbocycles. The largest absolute Gasteiger partial charge is 0.378 e. The molecule has 4 heteroatoms. The number of rotatable bonds is 4. The molecule has 0 heterocycles. The van der Waals surface area contributed by atoms with Gasteiger partial charge in [-0.3, -0.25) is 4.79 Å². The van der Waals surface area contributed by atoms with Gasteiger partial charge in [-0.2, -0.15) is 5.10 Å². The molecule has 3 aromatic carbocycles. The normalized spacial score (nSPS) is 10.9. The van der Waals surface area contributed by atoms with E-state index in [4.69, 9.17) is 0 Å². The number of carbonyl (C=O) groups excluding carboxylic acids is 1. The summed E-state index contributed by atoms with van der Waals surface area (Å²) < 4.78 is 0. The summed E-state index contributed by atoms with van der Waals surface area (Å²) in [6.07, 6.45) is 1.64. The number of hydrogen-bond acceptors (Lipinski definition) is 3. The molecule has 0 radical (unpaired) electrons. The lowest BCUT2D eigenvalue weighted by Crippen LogP contribution is -2.17. The number of anilines is 1. The molecule has 0 unspecified atom stereocenters. The van der Waals surface area contributed by atoms with E-state index in [1.54, 1.807) is 12.3 Å². The maximum atomic E-state index is 12.4. The lowest BCUT2D eigenvalue weighted by molar-refractivity contribution is 0.0957. The summed E-state index contributed by atoms with van der Waals surface area (Å²) >= 11 is 0. The van der Waals surface area contributed by atoms with E-state index in [0.717, 1.165) is 22.0 Å². The summed E-state index contributed by atoms with van der Waals surface area (Å²) in [7, 11) is 3.99. The van der Waals surface area contributed by atoms with Gasteiger partial charge in [0, 0.05) is 25.3 Å². The number of hydrazone groups is 1. The van der Waals surface area contributed by atoms with Gasteiger partial charge in [-0.15, -0.1) is 0 Å². The van der Waals surface area contributed by atoms with Gasteiger partial charge < -0.3 is 4.90 Å². The smallest absolute Gasteiger partial charge is 0.271 e. The Balaban J connectivity index is 1.72. The lowest BCUT2D eigenvalue weighted by atomic mass is 10.0. The van der Waals surface area contributed by atoms with E-state index >= 15 is 0 Å². The molecule has 1 N–H and O–H groups in total. The molecule has 0 aliphatic rings. The van der Waals surface area contributed by atoms with Crippen LogP contribution in [0, 0.1) is 0 Å². The monoisotopic (exact) mass is 317 g/mol. The van der Waals surface area contributed by atoms with Crippen molar-refractivity contribution in [3.05, 3.63) is 77.9 Å². The van der Waals surface area contributed by atoms with Crippen molar-refractivity contribution in [2.45, 2.75) is 0 Å². The highest BCUT2D eigenvalue weighted by atomic mass is 16.2. The van der Waals surface area contributed by atoms with Crippen LogP contribution in [0.15, 0.2) is 71.8 Å². The van der Waals surface area contributed by atoms with Crippen molar-refractivity contribution in [3.8, 4) is 0 Å². The van der Waals surface area contributed by atoms with Crippen LogP contribution in [0.25, 0.3) is 10.8 Å². The Hall–Kier alpha value is -3.14. The predicted molar refractivity (Wildman–Crippen MR) is 99.8 cm³/mol. The third-order valence-electron chi connectivity index (χ3n) is 3.82. The molecule has 0 fully saturated rings. The number of nitrogens with one attached hydrogen (secondary N) is 1. The summed E-state index contributed by atoms with van der Waals surface area (Å²) in [6.45, 7) is 0. The maximum Gasteiger partial charge on any atom is 0.271 e.